The smallest absolute Gasteiger partial charge is 0.228 e. The molecule has 11 heteroatoms. The van der Waals surface area contributed by atoms with Crippen LogP contribution in [0, 0.1) is 5.92 Å². The van der Waals surface area contributed by atoms with Crippen molar-refractivity contribution in [2.75, 3.05) is 23.3 Å². The molecule has 11 nitrogen and oxygen atoms in total. The third-order valence-electron chi connectivity index (χ3n) is 5.24. The molecule has 5 heterocycles. The Kier molecular flexibility index (Phi) is 5.05. The average Bonchev–Trinajstić information content (AvgIpc) is 3.54. The predicted molar refractivity (Wildman–Crippen MR) is 112 cm³/mol. The van der Waals surface area contributed by atoms with Crippen molar-refractivity contribution in [3.63, 3.8) is 0 Å². The highest BCUT2D eigenvalue weighted by Crippen LogP contribution is 2.23. The Morgan fingerprint density at radius 2 is 1.74 bits per heavy atom. The van der Waals surface area contributed by atoms with E-state index in [0.29, 0.717) is 17.5 Å². The van der Waals surface area contributed by atoms with E-state index in [4.69, 9.17) is 0 Å². The largest absolute Gasteiger partial charge is 0.356 e. The maximum Gasteiger partial charge on any atom is 0.228 e. The SMILES string of the molecule is O=C(Nc1cc(-n2ccnc2)ncn1)C1CCN(c2cc(-n3cccn3)ncn2)CC1. The van der Waals surface area contributed by atoms with Gasteiger partial charge in [0, 0.05) is 55.9 Å². The number of nitrogens with one attached hydrogen (secondary N) is 1. The highest BCUT2D eigenvalue weighted by molar-refractivity contribution is 5.92. The summed E-state index contributed by atoms with van der Waals surface area (Å²) in [5.41, 5.74) is 0. The highest BCUT2D eigenvalue weighted by atomic mass is 16.2. The topological polar surface area (TPSA) is 120 Å². The number of nitrogens with zero attached hydrogens (tertiary/aromatic N) is 9. The summed E-state index contributed by atoms with van der Waals surface area (Å²) in [5.74, 6) is 2.55. The Bertz CT molecular complexity index is 1150. The summed E-state index contributed by atoms with van der Waals surface area (Å²) in [6.07, 6.45) is 13.1. The van der Waals surface area contributed by atoms with Crippen LogP contribution in [0.2, 0.25) is 0 Å². The minimum absolute atomic E-state index is 0.0325. The lowest BCUT2D eigenvalue weighted by Crippen LogP contribution is -2.38. The maximum atomic E-state index is 12.8. The van der Waals surface area contributed by atoms with Gasteiger partial charge in [0.1, 0.15) is 36.4 Å². The number of carbonyl (C=O) groups excluding carboxylic acids is 1. The van der Waals surface area contributed by atoms with Crippen LogP contribution in [0.25, 0.3) is 11.6 Å². The van der Waals surface area contributed by atoms with Crippen molar-refractivity contribution in [2.24, 2.45) is 5.92 Å². The summed E-state index contributed by atoms with van der Waals surface area (Å²) < 4.78 is 3.46. The molecule has 31 heavy (non-hydrogen) atoms. The van der Waals surface area contributed by atoms with Crippen LogP contribution in [-0.4, -0.2) is 58.3 Å². The molecule has 1 amide bonds. The minimum Gasteiger partial charge on any atom is -0.356 e. The van der Waals surface area contributed by atoms with E-state index in [2.05, 4.69) is 40.2 Å². The molecule has 4 aromatic rings. The number of aromatic nitrogens is 8. The second kappa shape index (κ2) is 8.30. The second-order valence-electron chi connectivity index (χ2n) is 7.17. The maximum absolute atomic E-state index is 12.8. The van der Waals surface area contributed by atoms with Crippen LogP contribution in [-0.2, 0) is 4.79 Å². The number of imidazole rings is 1. The number of hydrogen-bond donors (Lipinski definition) is 1. The Labute approximate surface area is 177 Å². The molecular weight excluding hydrogens is 396 g/mol. The summed E-state index contributed by atoms with van der Waals surface area (Å²) in [7, 11) is 0. The van der Waals surface area contributed by atoms with Gasteiger partial charge in [0.15, 0.2) is 5.82 Å². The minimum atomic E-state index is -0.0877. The Hall–Kier alpha value is -4.15. The van der Waals surface area contributed by atoms with Crippen LogP contribution in [0.3, 0.4) is 0 Å². The molecule has 156 valence electrons. The first kappa shape index (κ1) is 18.9. The van der Waals surface area contributed by atoms with Gasteiger partial charge in [-0.15, -0.1) is 0 Å². The molecule has 0 radical (unpaired) electrons. The lowest BCUT2D eigenvalue weighted by Gasteiger charge is -2.32. The molecule has 1 N–H and O–H groups in total. The summed E-state index contributed by atoms with van der Waals surface area (Å²) in [4.78, 5) is 36.0. The molecule has 1 aliphatic rings. The van der Waals surface area contributed by atoms with Crippen molar-refractivity contribution >= 4 is 17.5 Å². The van der Waals surface area contributed by atoms with Crippen LogP contribution in [0.15, 0.2) is 62.0 Å². The zero-order valence-electron chi connectivity index (χ0n) is 16.6. The summed E-state index contributed by atoms with van der Waals surface area (Å²) in [5, 5.41) is 7.13. The van der Waals surface area contributed by atoms with E-state index in [-0.39, 0.29) is 11.8 Å². The van der Waals surface area contributed by atoms with Gasteiger partial charge in [-0.1, -0.05) is 0 Å². The van der Waals surface area contributed by atoms with E-state index in [1.54, 1.807) is 40.2 Å². The molecule has 1 fully saturated rings. The number of hydrogen-bond acceptors (Lipinski definition) is 8. The fraction of sp³-hybridized carbons (Fsp3) is 0.250. The normalized spacial score (nSPS) is 14.5. The monoisotopic (exact) mass is 416 g/mol. The van der Waals surface area contributed by atoms with Gasteiger partial charge in [-0.05, 0) is 18.9 Å². The molecule has 5 rings (SSSR count). The van der Waals surface area contributed by atoms with Gasteiger partial charge in [-0.25, -0.2) is 29.6 Å². The van der Waals surface area contributed by atoms with Gasteiger partial charge < -0.3 is 10.2 Å². The van der Waals surface area contributed by atoms with Crippen molar-refractivity contribution in [1.82, 2.24) is 39.3 Å². The lowest BCUT2D eigenvalue weighted by atomic mass is 9.96. The van der Waals surface area contributed by atoms with Crippen molar-refractivity contribution in [1.29, 1.82) is 0 Å². The quantitative estimate of drug-likeness (QED) is 0.520. The Morgan fingerprint density at radius 1 is 0.935 bits per heavy atom. The highest BCUT2D eigenvalue weighted by Gasteiger charge is 2.26. The zero-order valence-corrected chi connectivity index (χ0v) is 16.6. The third-order valence-corrected chi connectivity index (χ3v) is 5.24. The molecular formula is C20H20N10O. The van der Waals surface area contributed by atoms with Crippen LogP contribution in [0.5, 0.6) is 0 Å². The van der Waals surface area contributed by atoms with Crippen LogP contribution < -0.4 is 10.2 Å². The van der Waals surface area contributed by atoms with E-state index < -0.39 is 0 Å². The average molecular weight is 416 g/mol. The van der Waals surface area contributed by atoms with E-state index in [9.17, 15) is 4.79 Å². The number of anilines is 2. The number of piperidine rings is 1. The number of amides is 1. The number of carbonyl (C=O) groups is 1. The molecule has 0 saturated carbocycles. The van der Waals surface area contributed by atoms with Gasteiger partial charge >= 0.3 is 0 Å². The number of rotatable bonds is 5. The zero-order chi connectivity index (χ0) is 21.0. The fourth-order valence-electron chi connectivity index (χ4n) is 3.59. The van der Waals surface area contributed by atoms with E-state index in [0.717, 1.165) is 31.7 Å². The summed E-state index contributed by atoms with van der Waals surface area (Å²) >= 11 is 0. The van der Waals surface area contributed by atoms with Crippen molar-refractivity contribution < 1.29 is 4.79 Å². The van der Waals surface area contributed by atoms with E-state index in [1.165, 1.54) is 12.7 Å². The van der Waals surface area contributed by atoms with Gasteiger partial charge in [-0.3, -0.25) is 9.36 Å². The molecule has 4 aromatic heterocycles. The van der Waals surface area contributed by atoms with Gasteiger partial charge in [0.25, 0.3) is 0 Å². The summed E-state index contributed by atoms with van der Waals surface area (Å²) in [6.45, 7) is 1.47. The standard InChI is InChI=1S/C20H20N10O/c31-20(27-16-10-17(23-12-22-16)29-9-5-21-14-29)15-2-7-28(8-3-15)18-11-19(25-13-24-18)30-6-1-4-26-30/h1,4-6,9-15H,2-3,7-8H2,(H,22,23,27,31). The van der Waals surface area contributed by atoms with Crippen molar-refractivity contribution in [2.45, 2.75) is 12.8 Å². The van der Waals surface area contributed by atoms with Crippen molar-refractivity contribution in [3.8, 4) is 11.6 Å². The summed E-state index contributed by atoms with van der Waals surface area (Å²) in [6, 6.07) is 5.49. The van der Waals surface area contributed by atoms with Crippen LogP contribution in [0.4, 0.5) is 11.6 Å². The molecule has 0 atom stereocenters. The van der Waals surface area contributed by atoms with Gasteiger partial charge in [0.05, 0.1) is 0 Å². The first-order valence-corrected chi connectivity index (χ1v) is 9.94. The lowest BCUT2D eigenvalue weighted by molar-refractivity contribution is -0.120. The molecule has 0 aromatic carbocycles. The molecule has 0 bridgehead atoms. The molecule has 1 saturated heterocycles. The predicted octanol–water partition coefficient (Wildman–Crippen LogP) is 1.49. The van der Waals surface area contributed by atoms with E-state index in [1.807, 2.05) is 18.3 Å². The second-order valence-corrected chi connectivity index (χ2v) is 7.17. The van der Waals surface area contributed by atoms with E-state index >= 15 is 0 Å². The first-order chi connectivity index (χ1) is 15.3. The molecule has 0 aliphatic carbocycles. The fourth-order valence-corrected chi connectivity index (χ4v) is 3.59. The first-order valence-electron chi connectivity index (χ1n) is 9.94. The van der Waals surface area contributed by atoms with Gasteiger partial charge in [-0.2, -0.15) is 5.10 Å². The Balaban J connectivity index is 1.21. The molecule has 1 aliphatic heterocycles. The molecule has 0 spiro atoms. The van der Waals surface area contributed by atoms with Crippen LogP contribution in [0.1, 0.15) is 12.8 Å². The van der Waals surface area contributed by atoms with Crippen molar-refractivity contribution in [3.05, 3.63) is 62.0 Å². The molecule has 0 unspecified atom stereocenters. The van der Waals surface area contributed by atoms with Gasteiger partial charge in [0.2, 0.25) is 5.91 Å². The Morgan fingerprint density at radius 3 is 2.52 bits per heavy atom. The third kappa shape index (κ3) is 4.10. The van der Waals surface area contributed by atoms with Crippen LogP contribution >= 0.6 is 0 Å².